The van der Waals surface area contributed by atoms with Crippen molar-refractivity contribution in [2.45, 2.75) is 4.90 Å². The third-order valence-electron chi connectivity index (χ3n) is 2.20. The summed E-state index contributed by atoms with van der Waals surface area (Å²) in [5.41, 5.74) is 0. The molecule has 0 fully saturated rings. The Labute approximate surface area is 106 Å². The molecule has 1 heterocycles. The van der Waals surface area contributed by atoms with Crippen LogP contribution in [-0.2, 0) is 21.8 Å². The Bertz CT molecular complexity index is 446. The zero-order valence-electron chi connectivity index (χ0n) is 9.84. The lowest BCUT2D eigenvalue weighted by Crippen LogP contribution is -2.35. The topological polar surface area (TPSA) is 64.4 Å². The fourth-order valence-electron chi connectivity index (χ4n) is 1.32. The van der Waals surface area contributed by atoms with Crippen molar-refractivity contribution in [3.05, 3.63) is 12.4 Å². The van der Waals surface area contributed by atoms with Crippen molar-refractivity contribution in [1.29, 1.82) is 0 Å². The molecule has 0 radical (unpaired) electrons. The van der Waals surface area contributed by atoms with Crippen LogP contribution in [0.5, 0.6) is 0 Å². The number of sulfonamides is 1. The monoisotopic (exact) mass is 281 g/mol. The van der Waals surface area contributed by atoms with E-state index in [1.807, 2.05) is 0 Å². The van der Waals surface area contributed by atoms with Crippen LogP contribution in [0.25, 0.3) is 0 Å². The van der Waals surface area contributed by atoms with Crippen LogP contribution in [0.4, 0.5) is 0 Å². The summed E-state index contributed by atoms with van der Waals surface area (Å²) >= 11 is 5.61. The molecule has 0 aromatic carbocycles. The summed E-state index contributed by atoms with van der Waals surface area (Å²) in [6.45, 7) is 0.860. The Morgan fingerprint density at radius 2 is 2.24 bits per heavy atom. The summed E-state index contributed by atoms with van der Waals surface area (Å²) in [6, 6.07) is 0. The first-order valence-corrected chi connectivity index (χ1v) is 7.03. The van der Waals surface area contributed by atoms with Crippen molar-refractivity contribution < 1.29 is 13.2 Å². The van der Waals surface area contributed by atoms with Crippen molar-refractivity contribution in [3.63, 3.8) is 0 Å². The van der Waals surface area contributed by atoms with Crippen LogP contribution in [0.2, 0.25) is 0 Å². The number of aryl methyl sites for hydroxylation is 1. The molecule has 8 heteroatoms. The van der Waals surface area contributed by atoms with Crippen LogP contribution < -0.4 is 0 Å². The molecule has 1 aromatic heterocycles. The highest BCUT2D eigenvalue weighted by Crippen LogP contribution is 2.14. The van der Waals surface area contributed by atoms with Gasteiger partial charge in [0, 0.05) is 39.3 Å². The molecule has 0 unspecified atom stereocenters. The Balaban J connectivity index is 2.91. The van der Waals surface area contributed by atoms with Gasteiger partial charge in [0.15, 0.2) is 0 Å². The molecule has 0 aliphatic heterocycles. The van der Waals surface area contributed by atoms with E-state index in [4.69, 9.17) is 16.3 Å². The predicted molar refractivity (Wildman–Crippen MR) is 64.6 cm³/mol. The van der Waals surface area contributed by atoms with Gasteiger partial charge in [-0.15, -0.1) is 11.6 Å². The number of hydrogen-bond donors (Lipinski definition) is 0. The average molecular weight is 282 g/mol. The third kappa shape index (κ3) is 3.67. The molecule has 0 saturated carbocycles. The molecule has 98 valence electrons. The Kier molecular flexibility index (Phi) is 5.38. The van der Waals surface area contributed by atoms with Crippen LogP contribution in [0.3, 0.4) is 0 Å². The van der Waals surface area contributed by atoms with Crippen molar-refractivity contribution >= 4 is 21.6 Å². The molecule has 1 aromatic rings. The number of hydrogen-bond acceptors (Lipinski definition) is 4. The van der Waals surface area contributed by atoms with E-state index >= 15 is 0 Å². The molecule has 0 bridgehead atoms. The van der Waals surface area contributed by atoms with Gasteiger partial charge in [0.05, 0.1) is 12.8 Å². The van der Waals surface area contributed by atoms with Gasteiger partial charge < -0.3 is 4.74 Å². The number of nitrogens with zero attached hydrogens (tertiary/aromatic N) is 3. The maximum Gasteiger partial charge on any atom is 0.246 e. The van der Waals surface area contributed by atoms with Crippen molar-refractivity contribution in [2.24, 2.45) is 7.05 Å². The molecular weight excluding hydrogens is 266 g/mol. The van der Waals surface area contributed by atoms with E-state index in [1.165, 1.54) is 28.5 Å². The summed E-state index contributed by atoms with van der Waals surface area (Å²) < 4.78 is 32.0. The number of methoxy groups -OCH3 is 1. The van der Waals surface area contributed by atoms with Gasteiger partial charge in [-0.1, -0.05) is 0 Å². The minimum Gasteiger partial charge on any atom is -0.383 e. The van der Waals surface area contributed by atoms with Gasteiger partial charge in [0.1, 0.15) is 4.90 Å². The number of alkyl halides is 1. The largest absolute Gasteiger partial charge is 0.383 e. The first kappa shape index (κ1) is 14.4. The first-order chi connectivity index (χ1) is 8.02. The SMILES string of the molecule is COCCN(CCCl)S(=O)(=O)c1cnn(C)c1. The van der Waals surface area contributed by atoms with Gasteiger partial charge in [-0.3, -0.25) is 4.68 Å². The zero-order chi connectivity index (χ0) is 12.9. The fourth-order valence-corrected chi connectivity index (χ4v) is 3.04. The van der Waals surface area contributed by atoms with Crippen molar-refractivity contribution in [1.82, 2.24) is 14.1 Å². The molecule has 0 aliphatic carbocycles. The highest BCUT2D eigenvalue weighted by molar-refractivity contribution is 7.89. The molecule has 1 rings (SSSR count). The van der Waals surface area contributed by atoms with E-state index in [-0.39, 0.29) is 23.9 Å². The highest BCUT2D eigenvalue weighted by Gasteiger charge is 2.24. The lowest BCUT2D eigenvalue weighted by atomic mass is 10.6. The normalized spacial score (nSPS) is 12.2. The van der Waals surface area contributed by atoms with E-state index < -0.39 is 10.0 Å². The van der Waals surface area contributed by atoms with Crippen molar-refractivity contribution in [2.75, 3.05) is 32.7 Å². The van der Waals surface area contributed by atoms with E-state index in [9.17, 15) is 8.42 Å². The summed E-state index contributed by atoms with van der Waals surface area (Å²) in [4.78, 5) is 0.168. The van der Waals surface area contributed by atoms with Gasteiger partial charge >= 0.3 is 0 Å². The predicted octanol–water partition coefficient (Wildman–Crippen LogP) is 0.296. The number of halogens is 1. The van der Waals surface area contributed by atoms with Crippen LogP contribution in [0.1, 0.15) is 0 Å². The second-order valence-corrected chi connectivity index (χ2v) is 5.75. The molecule has 6 nitrogen and oxygen atoms in total. The molecule has 0 amide bonds. The quantitative estimate of drug-likeness (QED) is 0.674. The van der Waals surface area contributed by atoms with Gasteiger partial charge in [-0.25, -0.2) is 8.42 Å². The number of rotatable bonds is 7. The third-order valence-corrected chi connectivity index (χ3v) is 4.22. The maximum atomic E-state index is 12.2. The standard InChI is InChI=1S/C9H16ClN3O3S/c1-12-8-9(7-11-12)17(14,15)13(4-3-10)5-6-16-2/h7-8H,3-6H2,1-2H3. The summed E-state index contributed by atoms with van der Waals surface area (Å²) in [5.74, 6) is 0.239. The molecule has 0 saturated heterocycles. The number of ether oxygens (including phenoxy) is 1. The van der Waals surface area contributed by atoms with Crippen LogP contribution in [0, 0.1) is 0 Å². The fraction of sp³-hybridized carbons (Fsp3) is 0.667. The van der Waals surface area contributed by atoms with E-state index in [0.29, 0.717) is 6.61 Å². The van der Waals surface area contributed by atoms with E-state index in [0.717, 1.165) is 0 Å². The summed E-state index contributed by atoms with van der Waals surface area (Å²) in [6.07, 6.45) is 2.78. The lowest BCUT2D eigenvalue weighted by molar-refractivity contribution is 0.180. The van der Waals surface area contributed by atoms with Crippen LogP contribution in [-0.4, -0.2) is 55.2 Å². The molecular formula is C9H16ClN3O3S. The van der Waals surface area contributed by atoms with Crippen molar-refractivity contribution in [3.8, 4) is 0 Å². The maximum absolute atomic E-state index is 12.2. The molecule has 0 N–H and O–H groups in total. The van der Waals surface area contributed by atoms with Gasteiger partial charge in [-0.2, -0.15) is 9.40 Å². The van der Waals surface area contributed by atoms with E-state index in [1.54, 1.807) is 7.05 Å². The Morgan fingerprint density at radius 3 is 2.71 bits per heavy atom. The first-order valence-electron chi connectivity index (χ1n) is 5.06. The van der Waals surface area contributed by atoms with E-state index in [2.05, 4.69) is 5.10 Å². The molecule has 0 aliphatic rings. The van der Waals surface area contributed by atoms with Gasteiger partial charge in [0.2, 0.25) is 10.0 Å². The molecule has 0 atom stereocenters. The molecule has 0 spiro atoms. The number of aromatic nitrogens is 2. The Morgan fingerprint density at radius 1 is 1.53 bits per heavy atom. The second-order valence-electron chi connectivity index (χ2n) is 3.44. The smallest absolute Gasteiger partial charge is 0.246 e. The lowest BCUT2D eigenvalue weighted by Gasteiger charge is -2.19. The van der Waals surface area contributed by atoms with Gasteiger partial charge in [-0.05, 0) is 0 Å². The average Bonchev–Trinajstić information content (AvgIpc) is 2.71. The van der Waals surface area contributed by atoms with Crippen LogP contribution in [0.15, 0.2) is 17.3 Å². The summed E-state index contributed by atoms with van der Waals surface area (Å²) in [7, 11) is -0.339. The minimum atomic E-state index is -3.53. The van der Waals surface area contributed by atoms with Gasteiger partial charge in [0.25, 0.3) is 0 Å². The molecule has 17 heavy (non-hydrogen) atoms. The minimum absolute atomic E-state index is 0.168. The second kappa shape index (κ2) is 6.34. The highest BCUT2D eigenvalue weighted by atomic mass is 35.5. The summed E-state index contributed by atoms with van der Waals surface area (Å²) in [5, 5.41) is 3.85. The van der Waals surface area contributed by atoms with Crippen LogP contribution >= 0.6 is 11.6 Å². The Hall–Kier alpha value is -0.630. The zero-order valence-corrected chi connectivity index (χ0v) is 11.4.